The molecule has 0 aliphatic heterocycles. The fourth-order valence-corrected chi connectivity index (χ4v) is 4.58. The zero-order valence-corrected chi connectivity index (χ0v) is 11.5. The van der Waals surface area contributed by atoms with Crippen LogP contribution in [0.1, 0.15) is 50.7 Å². The number of phenols is 1. The first-order valence-corrected chi connectivity index (χ1v) is 7.11. The Hall–Kier alpha value is -0.980. The van der Waals surface area contributed by atoms with E-state index in [1.807, 2.05) is 12.1 Å². The summed E-state index contributed by atoms with van der Waals surface area (Å²) in [5, 5.41) is 9.81. The summed E-state index contributed by atoms with van der Waals surface area (Å²) in [6.07, 6.45) is 6.11. The van der Waals surface area contributed by atoms with Crippen LogP contribution in [0.2, 0.25) is 0 Å². The summed E-state index contributed by atoms with van der Waals surface area (Å²) in [7, 11) is 0. The lowest BCUT2D eigenvalue weighted by molar-refractivity contribution is 0.0608. The highest BCUT2D eigenvalue weighted by Gasteiger charge is 2.49. The van der Waals surface area contributed by atoms with Crippen LogP contribution in [-0.2, 0) is 11.8 Å². The van der Waals surface area contributed by atoms with Crippen LogP contribution < -0.4 is 0 Å². The number of hydrogen-bond acceptors (Lipinski definition) is 1. The second kappa shape index (κ2) is 3.76. The summed E-state index contributed by atoms with van der Waals surface area (Å²) in [6, 6.07) is 5.94. The van der Waals surface area contributed by atoms with Crippen LogP contribution >= 0.6 is 0 Å². The van der Waals surface area contributed by atoms with Crippen LogP contribution in [0, 0.1) is 18.3 Å². The van der Waals surface area contributed by atoms with Gasteiger partial charge in [0.05, 0.1) is 0 Å². The minimum atomic E-state index is 0.191. The van der Waals surface area contributed by atoms with Crippen molar-refractivity contribution in [1.29, 1.82) is 0 Å². The van der Waals surface area contributed by atoms with Crippen molar-refractivity contribution in [2.75, 3.05) is 0 Å². The van der Waals surface area contributed by atoms with Gasteiger partial charge in [-0.25, -0.2) is 0 Å². The zero-order valence-electron chi connectivity index (χ0n) is 11.5. The fourth-order valence-electron chi connectivity index (χ4n) is 4.58. The second-order valence-electron chi connectivity index (χ2n) is 6.86. The lowest BCUT2D eigenvalue weighted by Crippen LogP contribution is -2.47. The first-order valence-electron chi connectivity index (χ1n) is 7.11. The maximum absolute atomic E-state index is 9.81. The molecule has 18 heavy (non-hydrogen) atoms. The van der Waals surface area contributed by atoms with E-state index in [9.17, 15) is 5.11 Å². The first kappa shape index (κ1) is 12.1. The molecule has 3 rings (SSSR count). The summed E-state index contributed by atoms with van der Waals surface area (Å²) in [4.78, 5) is 0. The topological polar surface area (TPSA) is 20.2 Å². The number of aromatic hydroxyl groups is 1. The SMILES string of the molecule is [CH2][C@]1(C)CCC[C@]2(C)c3cc(O)ccc3CC[C@@H]12. The summed E-state index contributed by atoms with van der Waals surface area (Å²) in [6.45, 7) is 9.20. The molecule has 0 saturated heterocycles. The second-order valence-corrected chi connectivity index (χ2v) is 6.86. The Balaban J connectivity index is 2.13. The normalized spacial score (nSPS) is 33.6. The fraction of sp³-hybridized carbons (Fsp3) is 0.588. The Labute approximate surface area is 110 Å². The van der Waals surface area contributed by atoms with E-state index in [0.29, 0.717) is 11.7 Å². The maximum atomic E-state index is 9.81. The average Bonchev–Trinajstić information content (AvgIpc) is 2.29. The molecule has 3 atom stereocenters. The molecular formula is C17H23O. The van der Waals surface area contributed by atoms with Gasteiger partial charge in [0.2, 0.25) is 0 Å². The van der Waals surface area contributed by atoms with E-state index in [0.717, 1.165) is 6.42 Å². The molecule has 1 heteroatoms. The third-order valence-corrected chi connectivity index (χ3v) is 5.47. The summed E-state index contributed by atoms with van der Waals surface area (Å²) in [5.74, 6) is 1.06. The van der Waals surface area contributed by atoms with Crippen molar-refractivity contribution in [3.05, 3.63) is 36.2 Å². The monoisotopic (exact) mass is 243 g/mol. The van der Waals surface area contributed by atoms with Crippen molar-refractivity contribution in [3.63, 3.8) is 0 Å². The lowest BCUT2D eigenvalue weighted by atomic mass is 9.50. The number of aryl methyl sites for hydroxylation is 1. The van der Waals surface area contributed by atoms with Gasteiger partial charge in [-0.3, -0.25) is 0 Å². The van der Waals surface area contributed by atoms with Crippen molar-refractivity contribution in [2.45, 2.75) is 51.4 Å². The van der Waals surface area contributed by atoms with Crippen LogP contribution in [0.15, 0.2) is 18.2 Å². The zero-order chi connectivity index (χ0) is 13.0. The molecule has 1 nitrogen and oxygen atoms in total. The molecule has 2 aliphatic rings. The Kier molecular flexibility index (Phi) is 2.52. The first-order chi connectivity index (χ1) is 8.43. The van der Waals surface area contributed by atoms with Crippen LogP contribution in [0.5, 0.6) is 5.75 Å². The van der Waals surface area contributed by atoms with E-state index in [4.69, 9.17) is 0 Å². The number of rotatable bonds is 0. The van der Waals surface area contributed by atoms with Gasteiger partial charge < -0.3 is 5.11 Å². The molecule has 1 fully saturated rings. The van der Waals surface area contributed by atoms with Crippen LogP contribution in [0.25, 0.3) is 0 Å². The molecule has 1 radical (unpaired) electrons. The quantitative estimate of drug-likeness (QED) is 0.722. The van der Waals surface area contributed by atoms with Gasteiger partial charge in [0, 0.05) is 0 Å². The van der Waals surface area contributed by atoms with Crippen LogP contribution in [0.4, 0.5) is 0 Å². The molecule has 2 aliphatic carbocycles. The highest BCUT2D eigenvalue weighted by molar-refractivity contribution is 5.43. The molecule has 0 bridgehead atoms. The molecule has 1 aromatic carbocycles. The summed E-state index contributed by atoms with van der Waals surface area (Å²) < 4.78 is 0. The molecule has 97 valence electrons. The molecular weight excluding hydrogens is 220 g/mol. The predicted molar refractivity (Wildman–Crippen MR) is 74.6 cm³/mol. The lowest BCUT2D eigenvalue weighted by Gasteiger charge is -2.54. The number of benzene rings is 1. The van der Waals surface area contributed by atoms with Crippen molar-refractivity contribution < 1.29 is 5.11 Å². The summed E-state index contributed by atoms with van der Waals surface area (Å²) >= 11 is 0. The van der Waals surface area contributed by atoms with E-state index in [1.54, 1.807) is 0 Å². The minimum Gasteiger partial charge on any atom is -0.508 e. The standard InChI is InChI=1S/C17H23O/c1-16(2)9-4-10-17(3)14-11-13(18)7-5-12(14)6-8-15(16)17/h5,7,11,15,18H,1,4,6,8-10H2,2-3H3/t15-,16-,17+/m0/s1. The van der Waals surface area contributed by atoms with E-state index in [-0.39, 0.29) is 10.8 Å². The van der Waals surface area contributed by atoms with E-state index in [2.05, 4.69) is 26.8 Å². The maximum Gasteiger partial charge on any atom is 0.115 e. The Morgan fingerprint density at radius 3 is 2.83 bits per heavy atom. The van der Waals surface area contributed by atoms with Gasteiger partial charge in [-0.15, -0.1) is 0 Å². The van der Waals surface area contributed by atoms with Crippen LogP contribution in [-0.4, -0.2) is 5.11 Å². The molecule has 1 N–H and O–H groups in total. The largest absolute Gasteiger partial charge is 0.508 e. The summed E-state index contributed by atoms with van der Waals surface area (Å²) in [5.41, 5.74) is 3.22. The third-order valence-electron chi connectivity index (χ3n) is 5.47. The number of hydrogen-bond donors (Lipinski definition) is 1. The van der Waals surface area contributed by atoms with Crippen molar-refractivity contribution in [2.24, 2.45) is 11.3 Å². The molecule has 0 aromatic heterocycles. The smallest absolute Gasteiger partial charge is 0.115 e. The van der Waals surface area contributed by atoms with Gasteiger partial charge in [0.25, 0.3) is 0 Å². The Morgan fingerprint density at radius 1 is 1.28 bits per heavy atom. The van der Waals surface area contributed by atoms with Crippen molar-refractivity contribution in [3.8, 4) is 5.75 Å². The Bertz CT molecular complexity index is 474. The molecule has 0 spiro atoms. The van der Waals surface area contributed by atoms with Gasteiger partial charge in [0.15, 0.2) is 0 Å². The highest BCUT2D eigenvalue weighted by Crippen LogP contribution is 2.57. The molecule has 0 amide bonds. The number of phenolic OH excluding ortho intramolecular Hbond substituents is 1. The van der Waals surface area contributed by atoms with E-state index >= 15 is 0 Å². The third kappa shape index (κ3) is 1.60. The van der Waals surface area contributed by atoms with Crippen molar-refractivity contribution >= 4 is 0 Å². The Morgan fingerprint density at radius 2 is 2.06 bits per heavy atom. The average molecular weight is 243 g/mol. The predicted octanol–water partition coefficient (Wildman–Crippen LogP) is 4.24. The molecule has 0 unspecified atom stereocenters. The van der Waals surface area contributed by atoms with Gasteiger partial charge in [-0.05, 0) is 72.6 Å². The molecule has 1 aromatic rings. The van der Waals surface area contributed by atoms with Gasteiger partial charge in [-0.1, -0.05) is 26.3 Å². The van der Waals surface area contributed by atoms with Gasteiger partial charge in [-0.2, -0.15) is 0 Å². The number of fused-ring (bicyclic) bond motifs is 3. The van der Waals surface area contributed by atoms with E-state index < -0.39 is 0 Å². The molecule has 0 heterocycles. The van der Waals surface area contributed by atoms with Crippen LogP contribution in [0.3, 0.4) is 0 Å². The van der Waals surface area contributed by atoms with Gasteiger partial charge in [0.1, 0.15) is 5.75 Å². The molecule has 1 saturated carbocycles. The minimum absolute atomic E-state index is 0.191. The highest BCUT2D eigenvalue weighted by atomic mass is 16.3. The van der Waals surface area contributed by atoms with E-state index in [1.165, 1.54) is 36.8 Å². The van der Waals surface area contributed by atoms with Crippen molar-refractivity contribution in [1.82, 2.24) is 0 Å². The van der Waals surface area contributed by atoms with Gasteiger partial charge >= 0.3 is 0 Å².